The number of anilines is 1. The Labute approximate surface area is 154 Å². The minimum atomic E-state index is 0. The molecule has 128 valence electrons. The summed E-state index contributed by atoms with van der Waals surface area (Å²) in [4.78, 5) is 10.6. The van der Waals surface area contributed by atoms with Crippen molar-refractivity contribution in [3.05, 3.63) is 29.8 Å². The van der Waals surface area contributed by atoms with Crippen molar-refractivity contribution >= 4 is 35.9 Å². The van der Waals surface area contributed by atoms with E-state index in [0.29, 0.717) is 13.1 Å². The lowest BCUT2D eigenvalue weighted by atomic mass is 10.4. The molecule has 0 fully saturated rings. The largest absolute Gasteiger partial charge is 0.351 e. The first-order valence-electron chi connectivity index (χ1n) is 7.12. The van der Waals surface area contributed by atoms with Crippen molar-refractivity contribution in [3.8, 4) is 0 Å². The van der Waals surface area contributed by atoms with E-state index in [1.807, 2.05) is 50.0 Å². The Morgan fingerprint density at radius 1 is 1.22 bits per heavy atom. The molecule has 0 aromatic carbocycles. The van der Waals surface area contributed by atoms with Gasteiger partial charge in [-0.2, -0.15) is 5.10 Å². The highest BCUT2D eigenvalue weighted by Crippen LogP contribution is 2.10. The second kappa shape index (κ2) is 8.75. The van der Waals surface area contributed by atoms with Gasteiger partial charge in [0.25, 0.3) is 0 Å². The van der Waals surface area contributed by atoms with Crippen molar-refractivity contribution in [3.63, 3.8) is 0 Å². The minimum Gasteiger partial charge on any atom is -0.351 e. The number of aliphatic imine (C=N–C) groups is 1. The van der Waals surface area contributed by atoms with Gasteiger partial charge in [-0.15, -0.1) is 24.0 Å². The van der Waals surface area contributed by atoms with E-state index in [-0.39, 0.29) is 24.0 Å². The quantitative estimate of drug-likeness (QED) is 0.414. The lowest BCUT2D eigenvalue weighted by Crippen LogP contribution is -2.37. The first-order valence-corrected chi connectivity index (χ1v) is 7.12. The third-order valence-corrected chi connectivity index (χ3v) is 3.48. The van der Waals surface area contributed by atoms with E-state index < -0.39 is 0 Å². The maximum Gasteiger partial charge on any atom is 0.204 e. The van der Waals surface area contributed by atoms with Crippen molar-refractivity contribution in [2.75, 3.05) is 26.0 Å². The second-order valence-electron chi connectivity index (χ2n) is 5.23. The van der Waals surface area contributed by atoms with Gasteiger partial charge in [0.15, 0.2) is 5.96 Å². The molecule has 0 aliphatic rings. The Kier molecular flexibility index (Phi) is 7.33. The highest BCUT2D eigenvalue weighted by molar-refractivity contribution is 14.0. The first-order chi connectivity index (χ1) is 10.5. The maximum atomic E-state index is 4.39. The standard InChI is InChI=1S/C14H24N8.HI/c1-15-13(16-8-11-6-7-19-22(11)5)17-9-12-10-18-14(20(2)3)21(12)4;/h6-7,10H,8-9H2,1-5H3,(H2,15,16,17);1H. The number of hydrogen-bond donors (Lipinski definition) is 2. The van der Waals surface area contributed by atoms with Gasteiger partial charge in [-0.25, -0.2) is 4.98 Å². The normalized spacial score (nSPS) is 11.1. The summed E-state index contributed by atoms with van der Waals surface area (Å²) >= 11 is 0. The van der Waals surface area contributed by atoms with Crippen molar-refractivity contribution in [1.29, 1.82) is 0 Å². The van der Waals surface area contributed by atoms with Crippen LogP contribution < -0.4 is 15.5 Å². The summed E-state index contributed by atoms with van der Waals surface area (Å²) in [7, 11) is 9.64. The molecule has 0 radical (unpaired) electrons. The Morgan fingerprint density at radius 2 is 1.87 bits per heavy atom. The predicted octanol–water partition coefficient (Wildman–Crippen LogP) is 0.703. The molecule has 23 heavy (non-hydrogen) atoms. The Bertz CT molecular complexity index is 643. The molecule has 2 rings (SSSR count). The van der Waals surface area contributed by atoms with Gasteiger partial charge in [-0.1, -0.05) is 0 Å². The Balaban J connectivity index is 0.00000264. The van der Waals surface area contributed by atoms with E-state index in [1.54, 1.807) is 13.2 Å². The summed E-state index contributed by atoms with van der Waals surface area (Å²) < 4.78 is 3.89. The predicted molar refractivity (Wildman–Crippen MR) is 103 cm³/mol. The molecule has 2 heterocycles. The summed E-state index contributed by atoms with van der Waals surface area (Å²) in [5.74, 6) is 1.67. The van der Waals surface area contributed by atoms with Crippen LogP contribution in [0.25, 0.3) is 0 Å². The van der Waals surface area contributed by atoms with Crippen LogP contribution in [0.5, 0.6) is 0 Å². The van der Waals surface area contributed by atoms with E-state index >= 15 is 0 Å². The summed E-state index contributed by atoms with van der Waals surface area (Å²) in [6.45, 7) is 1.33. The van der Waals surface area contributed by atoms with Crippen LogP contribution in [-0.2, 0) is 27.2 Å². The number of imidazole rings is 1. The highest BCUT2D eigenvalue weighted by Gasteiger charge is 2.08. The number of guanidine groups is 1. The summed E-state index contributed by atoms with van der Waals surface area (Å²) in [5.41, 5.74) is 2.19. The molecule has 0 amide bonds. The average molecular weight is 432 g/mol. The highest BCUT2D eigenvalue weighted by atomic mass is 127. The van der Waals surface area contributed by atoms with Gasteiger partial charge >= 0.3 is 0 Å². The number of hydrogen-bond acceptors (Lipinski definition) is 4. The number of rotatable bonds is 5. The molecule has 8 nitrogen and oxygen atoms in total. The Hall–Kier alpha value is -1.78. The first kappa shape index (κ1) is 19.3. The van der Waals surface area contributed by atoms with E-state index in [2.05, 4.69) is 30.3 Å². The van der Waals surface area contributed by atoms with E-state index in [9.17, 15) is 0 Å². The number of nitrogens with zero attached hydrogens (tertiary/aromatic N) is 6. The maximum absolute atomic E-state index is 4.39. The van der Waals surface area contributed by atoms with Crippen molar-refractivity contribution in [1.82, 2.24) is 30.0 Å². The number of nitrogens with one attached hydrogen (secondary N) is 2. The van der Waals surface area contributed by atoms with Gasteiger partial charge in [0.1, 0.15) is 0 Å². The van der Waals surface area contributed by atoms with Gasteiger partial charge in [-0.3, -0.25) is 9.67 Å². The van der Waals surface area contributed by atoms with Gasteiger partial charge in [-0.05, 0) is 6.07 Å². The van der Waals surface area contributed by atoms with E-state index in [4.69, 9.17) is 0 Å². The molecule has 0 aliphatic carbocycles. The van der Waals surface area contributed by atoms with E-state index in [1.165, 1.54) is 0 Å². The third kappa shape index (κ3) is 4.85. The van der Waals surface area contributed by atoms with Crippen molar-refractivity contribution < 1.29 is 0 Å². The Morgan fingerprint density at radius 3 is 2.35 bits per heavy atom. The minimum absolute atomic E-state index is 0. The lowest BCUT2D eigenvalue weighted by molar-refractivity contribution is 0.680. The molecule has 2 aromatic rings. The number of aromatic nitrogens is 4. The van der Waals surface area contributed by atoms with Crippen LogP contribution in [0.1, 0.15) is 11.4 Å². The fourth-order valence-corrected chi connectivity index (χ4v) is 2.16. The molecule has 0 saturated heterocycles. The zero-order chi connectivity index (χ0) is 16.1. The van der Waals surface area contributed by atoms with Gasteiger partial charge < -0.3 is 20.1 Å². The summed E-state index contributed by atoms with van der Waals surface area (Å²) in [5, 5.41) is 10.7. The molecule has 9 heteroatoms. The fourth-order valence-electron chi connectivity index (χ4n) is 2.16. The van der Waals surface area contributed by atoms with Gasteiger partial charge in [0.2, 0.25) is 5.95 Å². The van der Waals surface area contributed by atoms with Crippen LogP contribution in [0.15, 0.2) is 23.5 Å². The molecule has 2 N–H and O–H groups in total. The average Bonchev–Trinajstić information content (AvgIpc) is 3.06. The van der Waals surface area contributed by atoms with Crippen LogP contribution in [0, 0.1) is 0 Å². The van der Waals surface area contributed by atoms with Gasteiger partial charge in [0, 0.05) is 41.4 Å². The van der Waals surface area contributed by atoms with Gasteiger partial charge in [0.05, 0.1) is 30.7 Å². The molecule has 0 bridgehead atoms. The molecule has 2 aromatic heterocycles. The number of halogens is 1. The lowest BCUT2D eigenvalue weighted by Gasteiger charge is -2.14. The molecule has 0 aliphatic heterocycles. The molecular weight excluding hydrogens is 407 g/mol. The monoisotopic (exact) mass is 432 g/mol. The van der Waals surface area contributed by atoms with Crippen LogP contribution in [0.4, 0.5) is 5.95 Å². The fraction of sp³-hybridized carbons (Fsp3) is 0.500. The molecule has 0 spiro atoms. The van der Waals surface area contributed by atoms with Crippen LogP contribution in [0.3, 0.4) is 0 Å². The third-order valence-electron chi connectivity index (χ3n) is 3.48. The smallest absolute Gasteiger partial charge is 0.204 e. The molecular formula is C14H25IN8. The second-order valence-corrected chi connectivity index (χ2v) is 5.23. The van der Waals surface area contributed by atoms with Crippen LogP contribution in [0.2, 0.25) is 0 Å². The SMILES string of the molecule is CN=C(NCc1ccnn1C)NCc1cnc(N(C)C)n1C.I. The van der Waals surface area contributed by atoms with Crippen molar-refractivity contribution in [2.45, 2.75) is 13.1 Å². The summed E-state index contributed by atoms with van der Waals surface area (Å²) in [6, 6.07) is 1.98. The molecule has 0 saturated carbocycles. The van der Waals surface area contributed by atoms with Crippen LogP contribution >= 0.6 is 24.0 Å². The van der Waals surface area contributed by atoms with Crippen molar-refractivity contribution in [2.24, 2.45) is 19.1 Å². The molecule has 0 unspecified atom stereocenters. The molecule has 0 atom stereocenters. The topological polar surface area (TPSA) is 75.3 Å². The summed E-state index contributed by atoms with van der Waals surface area (Å²) in [6.07, 6.45) is 3.66. The van der Waals surface area contributed by atoms with Crippen LogP contribution in [-0.4, -0.2) is 46.4 Å². The zero-order valence-electron chi connectivity index (χ0n) is 14.2. The zero-order valence-corrected chi connectivity index (χ0v) is 16.6. The van der Waals surface area contributed by atoms with E-state index in [0.717, 1.165) is 23.3 Å². The number of aryl methyl sites for hydroxylation is 1.